The molecule has 0 bridgehead atoms. The van der Waals surface area contributed by atoms with E-state index < -0.39 is 23.5 Å². The van der Waals surface area contributed by atoms with Gasteiger partial charge in [-0.25, -0.2) is 14.4 Å². The average molecular weight is 487 g/mol. The number of H-pyrrole nitrogens is 1. The van der Waals surface area contributed by atoms with Gasteiger partial charge in [-0.2, -0.15) is 5.10 Å². The summed E-state index contributed by atoms with van der Waals surface area (Å²) in [5, 5.41) is 10.4. The molecule has 1 fully saturated rings. The second kappa shape index (κ2) is 9.17. The first kappa shape index (κ1) is 23.1. The zero-order valence-electron chi connectivity index (χ0n) is 19.0. The highest BCUT2D eigenvalue weighted by molar-refractivity contribution is 6.09. The van der Waals surface area contributed by atoms with Crippen LogP contribution in [0.1, 0.15) is 68.9 Å². The second-order valence-corrected chi connectivity index (χ2v) is 8.63. The van der Waals surface area contributed by atoms with Crippen molar-refractivity contribution >= 4 is 40.4 Å². The van der Waals surface area contributed by atoms with Crippen LogP contribution in [0.2, 0.25) is 0 Å². The summed E-state index contributed by atoms with van der Waals surface area (Å²) in [6.07, 6.45) is 3.89. The molecule has 2 aromatic heterocycles. The van der Waals surface area contributed by atoms with Crippen LogP contribution < -0.4 is 16.8 Å². The summed E-state index contributed by atoms with van der Waals surface area (Å²) in [6.45, 7) is 0. The van der Waals surface area contributed by atoms with Gasteiger partial charge in [0.05, 0.1) is 34.1 Å². The van der Waals surface area contributed by atoms with E-state index in [0.29, 0.717) is 28.9 Å². The molecule has 0 spiro atoms. The maximum Gasteiger partial charge on any atom is 0.250 e. The number of nitrogens with one attached hydrogen (secondary N) is 2. The van der Waals surface area contributed by atoms with Crippen LogP contribution in [0.15, 0.2) is 42.7 Å². The molecule has 11 heteroatoms. The number of primary amides is 1. The highest BCUT2D eigenvalue weighted by Crippen LogP contribution is 2.39. The lowest BCUT2D eigenvalue weighted by atomic mass is 9.97. The minimum atomic E-state index is -0.888. The Morgan fingerprint density at radius 2 is 2.00 bits per heavy atom. The van der Waals surface area contributed by atoms with Crippen molar-refractivity contribution in [2.24, 2.45) is 5.73 Å². The summed E-state index contributed by atoms with van der Waals surface area (Å²) in [5.74, 6) is -1.46. The Bertz CT molecular complexity index is 1510. The van der Waals surface area contributed by atoms with Gasteiger partial charge in [-0.15, -0.1) is 0 Å². The van der Waals surface area contributed by atoms with Gasteiger partial charge in [-0.3, -0.25) is 14.7 Å². The zero-order chi connectivity index (χ0) is 25.4. The lowest BCUT2D eigenvalue weighted by Gasteiger charge is -2.21. The molecule has 1 unspecified atom stereocenters. The lowest BCUT2D eigenvalue weighted by molar-refractivity contribution is -0.108. The van der Waals surface area contributed by atoms with Crippen molar-refractivity contribution in [1.82, 2.24) is 20.2 Å². The number of hydrogen-bond acceptors (Lipinski definition) is 8. The van der Waals surface area contributed by atoms with E-state index in [4.69, 9.17) is 11.5 Å². The average Bonchev–Trinajstić information content (AvgIpc) is 3.61. The standard InChI is InChI=1S/C25H22FN7O3/c26-20-14(23(35)19-10-18(32-33-19)12-4-5-12)7-6-13(21(20)27)17(8-9-34)31-25-16-3-1-2-15(24(28)36)22(16)29-11-30-25/h1-3,6-7,9-12,17H,4-5,8,27H2,(H2,28,36)(H,32,33)(H,29,30,31). The number of aromatic nitrogens is 4. The van der Waals surface area contributed by atoms with Gasteiger partial charge in [0.25, 0.3) is 5.91 Å². The number of para-hydroxylation sites is 1. The maximum absolute atomic E-state index is 15.3. The first-order chi connectivity index (χ1) is 17.4. The van der Waals surface area contributed by atoms with E-state index >= 15 is 4.39 Å². The molecule has 182 valence electrons. The van der Waals surface area contributed by atoms with E-state index in [9.17, 15) is 14.4 Å². The van der Waals surface area contributed by atoms with Gasteiger partial charge in [-0.1, -0.05) is 12.1 Å². The number of nitrogens with zero attached hydrogens (tertiary/aromatic N) is 3. The monoisotopic (exact) mass is 487 g/mol. The van der Waals surface area contributed by atoms with Gasteiger partial charge >= 0.3 is 0 Å². The van der Waals surface area contributed by atoms with Crippen molar-refractivity contribution < 1.29 is 18.8 Å². The number of hydrogen-bond donors (Lipinski definition) is 4. The predicted molar refractivity (Wildman–Crippen MR) is 130 cm³/mol. The third kappa shape index (κ3) is 4.15. The van der Waals surface area contributed by atoms with Gasteiger partial charge in [0.2, 0.25) is 5.78 Å². The predicted octanol–water partition coefficient (Wildman–Crippen LogP) is 3.02. The van der Waals surface area contributed by atoms with Crippen LogP contribution >= 0.6 is 0 Å². The molecule has 1 atom stereocenters. The van der Waals surface area contributed by atoms with Crippen molar-refractivity contribution in [1.29, 1.82) is 0 Å². The number of ketones is 1. The summed E-state index contributed by atoms with van der Waals surface area (Å²) < 4.78 is 15.3. The third-order valence-electron chi connectivity index (χ3n) is 6.24. The van der Waals surface area contributed by atoms with Crippen LogP contribution in [-0.2, 0) is 4.79 Å². The number of carbonyl (C=O) groups excluding carboxylic acids is 3. The molecule has 1 aliphatic carbocycles. The summed E-state index contributed by atoms with van der Waals surface area (Å²) in [5.41, 5.74) is 12.9. The van der Waals surface area contributed by atoms with Crippen LogP contribution in [0.3, 0.4) is 0 Å². The van der Waals surface area contributed by atoms with Crippen LogP contribution in [-0.4, -0.2) is 38.1 Å². The van der Waals surface area contributed by atoms with Crippen molar-refractivity contribution in [3.63, 3.8) is 0 Å². The van der Waals surface area contributed by atoms with Gasteiger partial charge in [0.15, 0.2) is 5.82 Å². The minimum Gasteiger partial charge on any atom is -0.396 e. The van der Waals surface area contributed by atoms with Crippen molar-refractivity contribution in [2.75, 3.05) is 11.1 Å². The number of fused-ring (bicyclic) bond motifs is 1. The largest absolute Gasteiger partial charge is 0.396 e. The fraction of sp³-hybridized carbons (Fsp3) is 0.200. The number of nitrogen functional groups attached to an aromatic ring is 1. The fourth-order valence-electron chi connectivity index (χ4n) is 4.20. The molecule has 1 saturated carbocycles. The molecule has 0 aliphatic heterocycles. The number of rotatable bonds is 9. The molecule has 0 radical (unpaired) electrons. The molecule has 2 aromatic carbocycles. The van der Waals surface area contributed by atoms with Crippen LogP contribution in [0.4, 0.5) is 15.9 Å². The van der Waals surface area contributed by atoms with Gasteiger partial charge in [-0.05, 0) is 37.1 Å². The normalized spacial score (nSPS) is 13.9. The van der Waals surface area contributed by atoms with Crippen LogP contribution in [0.5, 0.6) is 0 Å². The number of aromatic amines is 1. The Hall–Kier alpha value is -4.67. The number of anilines is 2. The second-order valence-electron chi connectivity index (χ2n) is 8.63. The lowest BCUT2D eigenvalue weighted by Crippen LogP contribution is -2.17. The van der Waals surface area contributed by atoms with Crippen molar-refractivity contribution in [3.05, 3.63) is 76.6 Å². The Morgan fingerprint density at radius 1 is 1.19 bits per heavy atom. The topological polar surface area (TPSA) is 170 Å². The van der Waals surface area contributed by atoms with E-state index in [-0.39, 0.29) is 34.5 Å². The molecule has 36 heavy (non-hydrogen) atoms. The number of halogens is 1. The Morgan fingerprint density at radius 3 is 2.72 bits per heavy atom. The molecule has 1 amide bonds. The molecule has 4 aromatic rings. The Balaban J connectivity index is 1.48. The Kier molecular flexibility index (Phi) is 5.88. The summed E-state index contributed by atoms with van der Waals surface area (Å²) >= 11 is 0. The third-order valence-corrected chi connectivity index (χ3v) is 6.24. The number of benzene rings is 2. The van der Waals surface area contributed by atoms with Crippen LogP contribution in [0.25, 0.3) is 10.9 Å². The maximum atomic E-state index is 15.3. The van der Waals surface area contributed by atoms with Gasteiger partial charge < -0.3 is 21.6 Å². The molecule has 5 rings (SSSR count). The zero-order valence-corrected chi connectivity index (χ0v) is 19.0. The SMILES string of the molecule is NC(=O)c1cccc2c(NC(CC=O)c3ccc(C(=O)c4cc(C5CC5)n[nH]4)c(F)c3N)ncnc12. The van der Waals surface area contributed by atoms with Crippen molar-refractivity contribution in [3.8, 4) is 0 Å². The number of nitrogens with two attached hydrogens (primary N) is 2. The van der Waals surface area contributed by atoms with E-state index in [0.717, 1.165) is 18.5 Å². The molecular formula is C25H22FN7O3. The summed E-state index contributed by atoms with van der Waals surface area (Å²) in [7, 11) is 0. The molecule has 0 saturated heterocycles. The van der Waals surface area contributed by atoms with E-state index in [1.165, 1.54) is 18.5 Å². The van der Waals surface area contributed by atoms with E-state index in [1.54, 1.807) is 24.3 Å². The quantitative estimate of drug-likeness (QED) is 0.159. The van der Waals surface area contributed by atoms with Gasteiger partial charge in [0.1, 0.15) is 24.1 Å². The van der Waals surface area contributed by atoms with Crippen LogP contribution in [0, 0.1) is 5.82 Å². The first-order valence-electron chi connectivity index (χ1n) is 11.3. The number of aldehydes is 1. The van der Waals surface area contributed by atoms with Gasteiger partial charge in [0, 0.05) is 23.3 Å². The minimum absolute atomic E-state index is 0.0662. The highest BCUT2D eigenvalue weighted by atomic mass is 19.1. The Labute approximate surface area is 204 Å². The molecule has 1 aliphatic rings. The smallest absolute Gasteiger partial charge is 0.250 e. The highest BCUT2D eigenvalue weighted by Gasteiger charge is 2.28. The summed E-state index contributed by atoms with van der Waals surface area (Å²) in [6, 6.07) is 8.57. The molecular weight excluding hydrogens is 465 g/mol. The fourth-order valence-corrected chi connectivity index (χ4v) is 4.20. The molecule has 2 heterocycles. The number of amides is 1. The molecule has 6 N–H and O–H groups in total. The molecule has 10 nitrogen and oxygen atoms in total. The first-order valence-corrected chi connectivity index (χ1v) is 11.3. The van der Waals surface area contributed by atoms with E-state index in [2.05, 4.69) is 25.5 Å². The van der Waals surface area contributed by atoms with Crippen molar-refractivity contribution in [2.45, 2.75) is 31.2 Å². The summed E-state index contributed by atoms with van der Waals surface area (Å²) in [4.78, 5) is 44.5. The van der Waals surface area contributed by atoms with E-state index in [1.807, 2.05) is 0 Å². The number of carbonyl (C=O) groups is 3.